The van der Waals surface area contributed by atoms with Gasteiger partial charge in [-0.15, -0.1) is 0 Å². The lowest BCUT2D eigenvalue weighted by molar-refractivity contribution is -0.00330. The second-order valence-electron chi connectivity index (χ2n) is 13.7. The maximum Gasteiger partial charge on any atom is 0.785 e. The zero-order valence-corrected chi connectivity index (χ0v) is 34.3. The van der Waals surface area contributed by atoms with Crippen LogP contribution in [0, 0.1) is 0 Å². The largest absolute Gasteiger partial charge is 0.785 e. The molecule has 0 aliphatic rings. The number of carbonyl (C=O) groups is 4. The Hall–Kier alpha value is -7.87. The van der Waals surface area contributed by atoms with E-state index in [0.29, 0.717) is 0 Å². The van der Waals surface area contributed by atoms with Gasteiger partial charge in [0.15, 0.2) is 0 Å². The molecule has 62 heavy (non-hydrogen) atoms. The van der Waals surface area contributed by atoms with E-state index in [1.165, 1.54) is 69.7 Å². The van der Waals surface area contributed by atoms with Crippen LogP contribution < -0.4 is 21.2 Å². The summed E-state index contributed by atoms with van der Waals surface area (Å²) >= 11 is 0. The number of benzene rings is 8. The van der Waals surface area contributed by atoms with Gasteiger partial charge in [-0.2, -0.15) is 0 Å². The zero-order chi connectivity index (χ0) is 43.0. The summed E-state index contributed by atoms with van der Waals surface area (Å²) < 4.78 is 21.6. The summed E-state index contributed by atoms with van der Waals surface area (Å²) in [7, 11) is -1.91. The fraction of sp³-hybridized carbons (Fsp3) is 0. The van der Waals surface area contributed by atoms with Crippen molar-refractivity contribution in [1.82, 2.24) is 0 Å². The molecule has 0 aromatic heterocycles. The Morgan fingerprint density at radius 3 is 0.597 bits per heavy atom. The van der Waals surface area contributed by atoms with Crippen LogP contribution in [0.15, 0.2) is 243 Å². The molecular weight excluding hydrogens is 794 g/mol. The molecule has 0 amide bonds. The highest BCUT2D eigenvalue weighted by atomic mass is 31.2. The highest BCUT2D eigenvalue weighted by Gasteiger charge is 2.50. The Labute approximate surface area is 360 Å². The first-order chi connectivity index (χ1) is 30.4. The molecule has 0 atom stereocenters. The van der Waals surface area contributed by atoms with Crippen LogP contribution in [0.5, 0.6) is 0 Å². The molecule has 0 saturated carbocycles. The SMILES string of the molecule is O=C(O[B-](OC(=O)c1ccccc1)(OC(=O)c1ccccc1)OC(=O)c1ccccc1)c1ccccc1.c1ccc([P+](c2ccccc2)(c2ccccc2)c2ccccc2)cc1. The van der Waals surface area contributed by atoms with Gasteiger partial charge in [0, 0.05) is 0 Å². The lowest BCUT2D eigenvalue weighted by atomic mass is 10.0. The van der Waals surface area contributed by atoms with Crippen molar-refractivity contribution in [3.8, 4) is 0 Å². The van der Waals surface area contributed by atoms with Crippen molar-refractivity contribution in [3.05, 3.63) is 265 Å². The van der Waals surface area contributed by atoms with Crippen LogP contribution in [0.4, 0.5) is 0 Å². The van der Waals surface area contributed by atoms with E-state index in [-0.39, 0.29) is 22.3 Å². The van der Waals surface area contributed by atoms with E-state index in [4.69, 9.17) is 18.6 Å². The molecule has 0 spiro atoms. The number of hydrogen-bond donors (Lipinski definition) is 0. The third-order valence-corrected chi connectivity index (χ3v) is 13.9. The minimum absolute atomic E-state index is 0.0380. The maximum absolute atomic E-state index is 13.0. The summed E-state index contributed by atoms with van der Waals surface area (Å²) in [5, 5.41) is 5.55. The zero-order valence-electron chi connectivity index (χ0n) is 33.4. The normalized spacial score (nSPS) is 10.8. The van der Waals surface area contributed by atoms with Gasteiger partial charge in [-0.3, -0.25) is 19.2 Å². The van der Waals surface area contributed by atoms with Crippen LogP contribution in [0.1, 0.15) is 41.4 Å². The Kier molecular flexibility index (Phi) is 13.9. The fourth-order valence-corrected chi connectivity index (χ4v) is 11.0. The van der Waals surface area contributed by atoms with Crippen LogP contribution in [0.3, 0.4) is 0 Å². The molecule has 0 aliphatic heterocycles. The van der Waals surface area contributed by atoms with Crippen LogP contribution in [-0.2, 0) is 18.6 Å². The monoisotopic (exact) mass is 834 g/mol. The third kappa shape index (κ3) is 10.1. The summed E-state index contributed by atoms with van der Waals surface area (Å²) in [6, 6.07) is 74.6. The van der Waals surface area contributed by atoms with Crippen molar-refractivity contribution in [2.24, 2.45) is 0 Å². The van der Waals surface area contributed by atoms with Crippen molar-refractivity contribution in [2.45, 2.75) is 0 Å². The minimum atomic E-state index is -4.09. The van der Waals surface area contributed by atoms with Gasteiger partial charge in [0.1, 0.15) is 28.5 Å². The molecule has 0 aliphatic carbocycles. The minimum Gasteiger partial charge on any atom is -0.581 e. The summed E-state index contributed by atoms with van der Waals surface area (Å²) in [4.78, 5) is 52.1. The second-order valence-corrected chi connectivity index (χ2v) is 17.1. The fourth-order valence-electron chi connectivity index (χ4n) is 6.74. The molecule has 8 aromatic rings. The molecule has 304 valence electrons. The van der Waals surface area contributed by atoms with Crippen LogP contribution in [0.2, 0.25) is 0 Å². The molecule has 0 saturated heterocycles. The molecule has 8 nitrogen and oxygen atoms in total. The maximum atomic E-state index is 13.0. The van der Waals surface area contributed by atoms with E-state index in [1.54, 1.807) is 72.8 Å². The smallest absolute Gasteiger partial charge is 0.581 e. The Balaban J connectivity index is 0.000000200. The van der Waals surface area contributed by atoms with E-state index in [0.717, 1.165) is 0 Å². The summed E-state index contributed by atoms with van der Waals surface area (Å²) in [5.74, 6) is -4.21. The molecular formula is C52H40BO8P. The van der Waals surface area contributed by atoms with E-state index in [1.807, 2.05) is 0 Å². The standard InChI is InChI=1S/C28H20BO8.C24H20P/c30-25(21-13-5-1-6-14-21)34-29(35-26(31)22-15-7-2-8-16-22,36-27(32)23-17-9-3-10-18-23)37-28(33)24-19-11-4-12-20-24;1-5-13-21(14-6-1)25(22-15-7-2-8-16-22,23-17-9-3-10-18-23)24-19-11-4-12-20-24/h1-20H;1-20H/q-1;+1. The van der Waals surface area contributed by atoms with Crippen LogP contribution >= 0.6 is 7.26 Å². The van der Waals surface area contributed by atoms with Gasteiger partial charge in [0.05, 0.1) is 22.3 Å². The van der Waals surface area contributed by atoms with Gasteiger partial charge in [-0.25, -0.2) is 0 Å². The average Bonchev–Trinajstić information content (AvgIpc) is 3.34. The topological polar surface area (TPSA) is 105 Å². The lowest BCUT2D eigenvalue weighted by Gasteiger charge is -2.38. The Morgan fingerprint density at radius 2 is 0.419 bits per heavy atom. The van der Waals surface area contributed by atoms with Crippen molar-refractivity contribution >= 4 is 59.3 Å². The van der Waals surface area contributed by atoms with Gasteiger partial charge in [0.25, 0.3) is 23.9 Å². The molecule has 0 heterocycles. The number of hydrogen-bond acceptors (Lipinski definition) is 8. The molecule has 0 radical (unpaired) electrons. The van der Waals surface area contributed by atoms with Crippen LogP contribution in [0.25, 0.3) is 0 Å². The highest BCUT2D eigenvalue weighted by molar-refractivity contribution is 8.01. The van der Waals surface area contributed by atoms with E-state index >= 15 is 0 Å². The van der Waals surface area contributed by atoms with Gasteiger partial charge in [-0.05, 0) is 97.1 Å². The van der Waals surface area contributed by atoms with Gasteiger partial charge < -0.3 is 18.6 Å². The first-order valence-electron chi connectivity index (χ1n) is 19.8. The molecule has 8 rings (SSSR count). The van der Waals surface area contributed by atoms with Crippen LogP contribution in [-0.4, -0.2) is 30.8 Å². The summed E-state index contributed by atoms with van der Waals surface area (Å²) in [6.45, 7) is -4.09. The van der Waals surface area contributed by atoms with Gasteiger partial charge in [0.2, 0.25) is 0 Å². The summed E-state index contributed by atoms with van der Waals surface area (Å²) in [6.07, 6.45) is 0. The Bertz CT molecular complexity index is 2290. The first-order valence-corrected chi connectivity index (χ1v) is 21.5. The molecule has 0 N–H and O–H groups in total. The number of carbonyl (C=O) groups excluding carboxylic acids is 4. The highest BCUT2D eigenvalue weighted by Crippen LogP contribution is 2.54. The first kappa shape index (κ1) is 42.3. The molecule has 10 heteroatoms. The molecule has 0 fully saturated rings. The predicted molar refractivity (Wildman–Crippen MR) is 244 cm³/mol. The van der Waals surface area contributed by atoms with Crippen molar-refractivity contribution in [1.29, 1.82) is 0 Å². The van der Waals surface area contributed by atoms with E-state index < -0.39 is 38.1 Å². The van der Waals surface area contributed by atoms with E-state index in [9.17, 15) is 19.2 Å². The predicted octanol–water partition coefficient (Wildman–Crippen LogP) is 9.16. The third-order valence-electron chi connectivity index (χ3n) is 9.62. The summed E-state index contributed by atoms with van der Waals surface area (Å²) in [5.41, 5.74) is 0.152. The second kappa shape index (κ2) is 20.4. The van der Waals surface area contributed by atoms with Crippen molar-refractivity contribution in [3.63, 3.8) is 0 Å². The van der Waals surface area contributed by atoms with Crippen molar-refractivity contribution < 1.29 is 37.8 Å². The van der Waals surface area contributed by atoms with Crippen molar-refractivity contribution in [2.75, 3.05) is 0 Å². The lowest BCUT2D eigenvalue weighted by Crippen LogP contribution is -2.54. The van der Waals surface area contributed by atoms with E-state index in [2.05, 4.69) is 121 Å². The Morgan fingerprint density at radius 1 is 0.258 bits per heavy atom. The quantitative estimate of drug-likeness (QED) is 0.0887. The van der Waals surface area contributed by atoms with Gasteiger partial charge >= 0.3 is 6.96 Å². The average molecular weight is 835 g/mol. The molecule has 8 aromatic carbocycles. The van der Waals surface area contributed by atoms with Gasteiger partial charge in [-0.1, -0.05) is 146 Å². The number of rotatable bonds is 12. The molecule has 0 unspecified atom stereocenters. The molecule has 0 bridgehead atoms.